The van der Waals surface area contributed by atoms with Crippen molar-refractivity contribution in [3.8, 4) is 0 Å². The van der Waals surface area contributed by atoms with Crippen molar-refractivity contribution in [2.24, 2.45) is 7.05 Å². The second-order valence-corrected chi connectivity index (χ2v) is 15.9. The van der Waals surface area contributed by atoms with Gasteiger partial charge >= 0.3 is 6.09 Å². The number of ether oxygens (including phenoxy) is 1. The van der Waals surface area contributed by atoms with E-state index in [9.17, 15) is 24.0 Å². The van der Waals surface area contributed by atoms with Crippen molar-refractivity contribution >= 4 is 63.3 Å². The second-order valence-electron chi connectivity index (χ2n) is 15.1. The van der Waals surface area contributed by atoms with Crippen molar-refractivity contribution in [1.82, 2.24) is 20.5 Å². The van der Waals surface area contributed by atoms with Gasteiger partial charge in [-0.25, -0.2) is 4.79 Å². The lowest BCUT2D eigenvalue weighted by molar-refractivity contribution is -0.133. The number of carbonyl (C=O) groups excluding carboxylic acids is 5. The Hall–Kier alpha value is -5.17. The van der Waals surface area contributed by atoms with E-state index in [-0.39, 0.29) is 37.6 Å². The number of amides is 5. The third kappa shape index (κ3) is 8.09. The number of aryl methyl sites for hydroxylation is 1. The normalized spacial score (nSPS) is 17.7. The standard InChI is InChI=1S/C40H48N6O6S/c1-7-40(5,43-38(51)52-39(2,3)4)37(50)42-29(21-27-23-44(6)31-14-9-8-13-28(27)31)35(48)41-30-20-26-12-10-15-32(45-18-11-16-33(45)47)34(26)46(36(30)49)22-25-17-19-53-24-25/h8-10,12-15,17,19,23-24,29-30H,7,11,16,18,20-22H2,1-6H3,(H,41,48)(H,42,50)(H,43,51)/t29-,30?,40?/m1/s1. The van der Waals surface area contributed by atoms with E-state index in [4.69, 9.17) is 4.74 Å². The van der Waals surface area contributed by atoms with Crippen LogP contribution in [0.15, 0.2) is 65.5 Å². The Morgan fingerprint density at radius 1 is 1.04 bits per heavy atom. The van der Waals surface area contributed by atoms with Crippen LogP contribution in [0.4, 0.5) is 16.2 Å². The lowest BCUT2D eigenvalue weighted by Gasteiger charge is -2.38. The van der Waals surface area contributed by atoms with Crippen LogP contribution >= 0.6 is 11.3 Å². The van der Waals surface area contributed by atoms with Gasteiger partial charge in [0.2, 0.25) is 23.6 Å². The summed E-state index contributed by atoms with van der Waals surface area (Å²) in [5, 5.41) is 13.5. The zero-order valence-corrected chi connectivity index (χ0v) is 32.0. The van der Waals surface area contributed by atoms with Crippen LogP contribution in [0.25, 0.3) is 10.9 Å². The smallest absolute Gasteiger partial charge is 0.408 e. The average Bonchev–Trinajstić information content (AvgIpc) is 3.86. The fraction of sp³-hybridized carbons (Fsp3) is 0.425. The number of anilines is 2. The molecule has 2 aliphatic rings. The SMILES string of the molecule is CCC(C)(NC(=O)OC(C)(C)C)C(=O)N[C@H](Cc1cn(C)c2ccccc12)C(=O)NC1Cc2cccc(N3CCCC3=O)c2N(Cc2ccsc2)C1=O. The molecule has 280 valence electrons. The van der Waals surface area contributed by atoms with Crippen molar-refractivity contribution in [1.29, 1.82) is 0 Å². The van der Waals surface area contributed by atoms with Gasteiger partial charge in [0.15, 0.2) is 0 Å². The van der Waals surface area contributed by atoms with Crippen LogP contribution in [-0.2, 0) is 50.3 Å². The fourth-order valence-corrected chi connectivity index (χ4v) is 7.72. The minimum absolute atomic E-state index is 0.0176. The number of alkyl carbamates (subject to hydrolysis) is 1. The lowest BCUT2D eigenvalue weighted by atomic mass is 9.94. The Balaban J connectivity index is 1.31. The number of hydrogen-bond acceptors (Lipinski definition) is 7. The number of fused-ring (bicyclic) bond motifs is 2. The number of hydrogen-bond donors (Lipinski definition) is 3. The van der Waals surface area contributed by atoms with Crippen molar-refractivity contribution in [3.63, 3.8) is 0 Å². The first kappa shape index (κ1) is 37.6. The molecule has 6 rings (SSSR count). The minimum Gasteiger partial charge on any atom is -0.444 e. The van der Waals surface area contributed by atoms with Gasteiger partial charge in [0.1, 0.15) is 23.2 Å². The molecule has 2 aromatic heterocycles. The zero-order chi connectivity index (χ0) is 38.1. The third-order valence-corrected chi connectivity index (χ3v) is 10.7. The van der Waals surface area contributed by atoms with Gasteiger partial charge in [-0.2, -0.15) is 11.3 Å². The van der Waals surface area contributed by atoms with E-state index in [2.05, 4.69) is 16.0 Å². The predicted octanol–water partition coefficient (Wildman–Crippen LogP) is 5.36. The molecule has 2 aliphatic heterocycles. The number of nitrogens with zero attached hydrogens (tertiary/aromatic N) is 3. The van der Waals surface area contributed by atoms with E-state index >= 15 is 0 Å². The van der Waals surface area contributed by atoms with Crippen LogP contribution < -0.4 is 25.8 Å². The Labute approximate surface area is 313 Å². The van der Waals surface area contributed by atoms with Gasteiger partial charge in [-0.1, -0.05) is 37.3 Å². The third-order valence-electron chi connectivity index (χ3n) is 9.97. The number of para-hydroxylation sites is 2. The number of benzene rings is 2. The molecule has 0 radical (unpaired) electrons. The fourth-order valence-electron chi connectivity index (χ4n) is 7.06. The van der Waals surface area contributed by atoms with Crippen molar-refractivity contribution in [2.45, 2.75) is 96.5 Å². The Kier molecular flexibility index (Phi) is 10.7. The van der Waals surface area contributed by atoms with Crippen molar-refractivity contribution < 1.29 is 28.7 Å². The van der Waals surface area contributed by atoms with E-state index in [1.54, 1.807) is 44.4 Å². The summed E-state index contributed by atoms with van der Waals surface area (Å²) in [6.07, 6.45) is 2.93. The number of thiophene rings is 1. The highest BCUT2D eigenvalue weighted by molar-refractivity contribution is 7.07. The molecule has 1 fully saturated rings. The molecule has 2 aromatic carbocycles. The van der Waals surface area contributed by atoms with Gasteiger partial charge < -0.3 is 35.1 Å². The second kappa shape index (κ2) is 15.1. The Morgan fingerprint density at radius 3 is 2.49 bits per heavy atom. The van der Waals surface area contributed by atoms with Gasteiger partial charge in [-0.15, -0.1) is 0 Å². The highest BCUT2D eigenvalue weighted by atomic mass is 32.1. The van der Waals surface area contributed by atoms with Crippen molar-refractivity contribution in [2.75, 3.05) is 16.3 Å². The summed E-state index contributed by atoms with van der Waals surface area (Å²) in [5.41, 5.74) is 2.75. The first-order chi connectivity index (χ1) is 25.2. The molecule has 4 aromatic rings. The van der Waals surface area contributed by atoms with Gasteiger partial charge in [-0.3, -0.25) is 19.2 Å². The summed E-state index contributed by atoms with van der Waals surface area (Å²) in [5.74, 6) is -1.39. The van der Waals surface area contributed by atoms with Gasteiger partial charge in [0.25, 0.3) is 0 Å². The maximum atomic E-state index is 14.5. The predicted molar refractivity (Wildman–Crippen MR) is 206 cm³/mol. The number of nitrogens with one attached hydrogen (secondary N) is 3. The lowest BCUT2D eigenvalue weighted by Crippen LogP contribution is -2.62. The van der Waals surface area contributed by atoms with E-state index in [0.717, 1.165) is 34.0 Å². The first-order valence-electron chi connectivity index (χ1n) is 18.1. The summed E-state index contributed by atoms with van der Waals surface area (Å²) >= 11 is 1.53. The Bertz CT molecular complexity index is 2030. The molecule has 53 heavy (non-hydrogen) atoms. The molecular formula is C40H48N6O6S. The molecule has 3 atom stereocenters. The highest BCUT2D eigenvalue weighted by Crippen LogP contribution is 2.40. The summed E-state index contributed by atoms with van der Waals surface area (Å²) < 4.78 is 7.41. The van der Waals surface area contributed by atoms with E-state index in [1.165, 1.54) is 11.3 Å². The minimum atomic E-state index is -1.40. The van der Waals surface area contributed by atoms with Crippen LogP contribution in [0.2, 0.25) is 0 Å². The van der Waals surface area contributed by atoms with Gasteiger partial charge in [0.05, 0.1) is 17.9 Å². The summed E-state index contributed by atoms with van der Waals surface area (Å²) in [6, 6.07) is 13.4. The molecule has 0 bridgehead atoms. The maximum Gasteiger partial charge on any atom is 0.408 e. The largest absolute Gasteiger partial charge is 0.444 e. The molecule has 4 heterocycles. The average molecular weight is 741 g/mol. The topological polar surface area (TPSA) is 142 Å². The van der Waals surface area contributed by atoms with E-state index in [1.807, 2.05) is 77.1 Å². The quantitative estimate of drug-likeness (QED) is 0.189. The molecule has 5 amide bonds. The number of carbonyl (C=O) groups is 5. The zero-order valence-electron chi connectivity index (χ0n) is 31.2. The van der Waals surface area contributed by atoms with E-state index in [0.29, 0.717) is 24.3 Å². The molecule has 0 spiro atoms. The molecular weight excluding hydrogens is 693 g/mol. The van der Waals surface area contributed by atoms with Gasteiger partial charge in [0, 0.05) is 50.0 Å². The summed E-state index contributed by atoms with van der Waals surface area (Å²) in [6.45, 7) is 9.40. The van der Waals surface area contributed by atoms with Gasteiger partial charge in [-0.05, 0) is 86.2 Å². The number of rotatable bonds is 11. The highest BCUT2D eigenvalue weighted by Gasteiger charge is 2.41. The molecule has 1 saturated heterocycles. The molecule has 2 unspecified atom stereocenters. The van der Waals surface area contributed by atoms with E-state index < -0.39 is 41.1 Å². The molecule has 12 nitrogen and oxygen atoms in total. The van der Waals surface area contributed by atoms with Crippen LogP contribution in [-0.4, -0.2) is 64.1 Å². The van der Waals surface area contributed by atoms with Crippen LogP contribution in [0.3, 0.4) is 0 Å². The van der Waals surface area contributed by atoms with Crippen molar-refractivity contribution in [3.05, 3.63) is 82.2 Å². The summed E-state index contributed by atoms with van der Waals surface area (Å²) in [7, 11) is 1.92. The van der Waals surface area contributed by atoms with Crippen LogP contribution in [0.1, 0.15) is 70.6 Å². The first-order valence-corrected chi connectivity index (χ1v) is 19.0. The molecule has 13 heteroatoms. The summed E-state index contributed by atoms with van der Waals surface area (Å²) in [4.78, 5) is 72.1. The number of aromatic nitrogens is 1. The monoisotopic (exact) mass is 740 g/mol. The molecule has 0 saturated carbocycles. The molecule has 0 aliphatic carbocycles. The maximum absolute atomic E-state index is 14.5. The van der Waals surface area contributed by atoms with Crippen LogP contribution in [0, 0.1) is 0 Å². The Morgan fingerprint density at radius 2 is 1.81 bits per heavy atom. The molecule has 3 N–H and O–H groups in total. The van der Waals surface area contributed by atoms with Crippen LogP contribution in [0.5, 0.6) is 0 Å².